The molecule has 140 valence electrons. The number of halogens is 1. The van der Waals surface area contributed by atoms with Gasteiger partial charge in [-0.25, -0.2) is 4.98 Å². The molecule has 0 unspecified atom stereocenters. The lowest BCUT2D eigenvalue weighted by atomic mass is 10.1. The molecule has 1 N–H and O–H groups in total. The number of imidazole rings is 1. The summed E-state index contributed by atoms with van der Waals surface area (Å²) in [7, 11) is 0. The van der Waals surface area contributed by atoms with E-state index in [-0.39, 0.29) is 12.4 Å². The number of para-hydroxylation sites is 2. The van der Waals surface area contributed by atoms with E-state index in [1.165, 1.54) is 16.6 Å². The van der Waals surface area contributed by atoms with Crippen LogP contribution in [0.2, 0.25) is 0 Å². The Morgan fingerprint density at radius 1 is 1.00 bits per heavy atom. The van der Waals surface area contributed by atoms with Gasteiger partial charge in [-0.2, -0.15) is 0 Å². The fraction of sp³-hybridized carbons (Fsp3) is 0.381. The Morgan fingerprint density at radius 2 is 1.69 bits per heavy atom. The van der Waals surface area contributed by atoms with E-state index in [4.69, 9.17) is 4.98 Å². The van der Waals surface area contributed by atoms with Gasteiger partial charge < -0.3 is 14.8 Å². The molecule has 0 aliphatic heterocycles. The van der Waals surface area contributed by atoms with Gasteiger partial charge in [0.1, 0.15) is 0 Å². The Labute approximate surface area is 162 Å². The molecule has 3 rings (SSSR count). The fourth-order valence-electron chi connectivity index (χ4n) is 3.11. The second kappa shape index (κ2) is 9.60. The Hall–Kier alpha value is -2.04. The summed E-state index contributed by atoms with van der Waals surface area (Å²) in [5.74, 6) is 0.953. The van der Waals surface area contributed by atoms with Gasteiger partial charge in [0.15, 0.2) is 0 Å². The summed E-state index contributed by atoms with van der Waals surface area (Å²) in [5, 5.41) is 3.53. The first-order chi connectivity index (χ1) is 12.2. The molecule has 0 amide bonds. The molecule has 0 spiro atoms. The van der Waals surface area contributed by atoms with Crippen LogP contribution in [0.3, 0.4) is 0 Å². The number of aromatic nitrogens is 2. The fourth-order valence-corrected chi connectivity index (χ4v) is 3.11. The first-order valence-electron chi connectivity index (χ1n) is 9.18. The molecular weight excluding hydrogens is 344 g/mol. The lowest BCUT2D eigenvalue weighted by Crippen LogP contribution is -2.27. The lowest BCUT2D eigenvalue weighted by Gasteiger charge is -2.19. The third-order valence-electron chi connectivity index (χ3n) is 4.76. The molecule has 0 saturated heterocycles. The van der Waals surface area contributed by atoms with Crippen molar-refractivity contribution in [1.82, 2.24) is 14.5 Å². The van der Waals surface area contributed by atoms with Gasteiger partial charge in [0.05, 0.1) is 11.0 Å². The Morgan fingerprint density at radius 3 is 2.38 bits per heavy atom. The summed E-state index contributed by atoms with van der Waals surface area (Å²) in [6, 6.07) is 17.0. The maximum atomic E-state index is 4.81. The molecule has 2 aromatic carbocycles. The topological polar surface area (TPSA) is 33.1 Å². The third-order valence-corrected chi connectivity index (χ3v) is 4.76. The molecule has 0 bridgehead atoms. The van der Waals surface area contributed by atoms with E-state index in [9.17, 15) is 0 Å². The zero-order valence-electron chi connectivity index (χ0n) is 15.9. The Kier molecular flexibility index (Phi) is 7.49. The highest BCUT2D eigenvalue weighted by molar-refractivity contribution is 5.85. The van der Waals surface area contributed by atoms with E-state index in [2.05, 4.69) is 78.0 Å². The largest absolute Gasteiger partial charge is 0.352 e. The molecule has 0 radical (unpaired) electrons. The molecule has 0 aliphatic rings. The van der Waals surface area contributed by atoms with Crippen molar-refractivity contribution in [3.63, 3.8) is 0 Å². The van der Waals surface area contributed by atoms with Crippen LogP contribution in [0.15, 0.2) is 48.5 Å². The quantitative estimate of drug-likeness (QED) is 0.621. The predicted octanol–water partition coefficient (Wildman–Crippen LogP) is 4.72. The van der Waals surface area contributed by atoms with E-state index < -0.39 is 0 Å². The van der Waals surface area contributed by atoms with Gasteiger partial charge in [-0.05, 0) is 37.7 Å². The maximum Gasteiger partial charge on any atom is 0.204 e. The first-order valence-corrected chi connectivity index (χ1v) is 9.18. The molecular formula is C21H29ClN4. The molecule has 0 aliphatic carbocycles. The van der Waals surface area contributed by atoms with E-state index in [0.29, 0.717) is 0 Å². The zero-order valence-corrected chi connectivity index (χ0v) is 16.7. The van der Waals surface area contributed by atoms with E-state index in [1.54, 1.807) is 0 Å². The third kappa shape index (κ3) is 4.77. The average Bonchev–Trinajstić information content (AvgIpc) is 3.00. The van der Waals surface area contributed by atoms with Crippen LogP contribution in [0.1, 0.15) is 25.0 Å². The van der Waals surface area contributed by atoms with Crippen LogP contribution in [0.5, 0.6) is 0 Å². The molecule has 1 aromatic heterocycles. The van der Waals surface area contributed by atoms with Crippen LogP contribution >= 0.6 is 12.4 Å². The summed E-state index contributed by atoms with van der Waals surface area (Å²) in [6.07, 6.45) is 0. The Bertz CT molecular complexity index is 806. The van der Waals surface area contributed by atoms with Gasteiger partial charge in [0, 0.05) is 19.6 Å². The highest BCUT2D eigenvalue weighted by Gasteiger charge is 2.11. The maximum absolute atomic E-state index is 4.81. The highest BCUT2D eigenvalue weighted by Crippen LogP contribution is 2.20. The van der Waals surface area contributed by atoms with Crippen molar-refractivity contribution in [2.75, 3.05) is 25.0 Å². The Balaban J connectivity index is 0.00000243. The van der Waals surface area contributed by atoms with Crippen LogP contribution in [0, 0.1) is 6.92 Å². The summed E-state index contributed by atoms with van der Waals surface area (Å²) >= 11 is 0. The van der Waals surface area contributed by atoms with Crippen molar-refractivity contribution in [3.05, 3.63) is 59.7 Å². The van der Waals surface area contributed by atoms with Gasteiger partial charge in [-0.3, -0.25) is 0 Å². The van der Waals surface area contributed by atoms with Gasteiger partial charge in [-0.1, -0.05) is 55.8 Å². The number of nitrogens with one attached hydrogen (secondary N) is 1. The molecule has 5 heteroatoms. The summed E-state index contributed by atoms with van der Waals surface area (Å²) in [4.78, 5) is 7.25. The number of fused-ring (bicyclic) bond motifs is 1. The highest BCUT2D eigenvalue weighted by atomic mass is 35.5. The van der Waals surface area contributed by atoms with E-state index in [0.717, 1.165) is 44.2 Å². The number of aryl methyl sites for hydroxylation is 1. The van der Waals surface area contributed by atoms with Gasteiger partial charge in [0.2, 0.25) is 5.95 Å². The predicted molar refractivity (Wildman–Crippen MR) is 113 cm³/mol. The van der Waals surface area contributed by atoms with Crippen molar-refractivity contribution in [3.8, 4) is 0 Å². The minimum Gasteiger partial charge on any atom is -0.352 e. The molecule has 26 heavy (non-hydrogen) atoms. The number of hydrogen-bond acceptors (Lipinski definition) is 3. The molecule has 1 heterocycles. The second-order valence-corrected chi connectivity index (χ2v) is 6.44. The number of hydrogen-bond donors (Lipinski definition) is 1. The summed E-state index contributed by atoms with van der Waals surface area (Å²) in [6.45, 7) is 11.5. The molecule has 0 saturated carbocycles. The van der Waals surface area contributed by atoms with Crippen LogP contribution in [0.4, 0.5) is 5.95 Å². The SMILES string of the molecule is CCN(CC)CCn1c(NCc2ccc(C)cc2)nc2ccccc21.Cl. The number of nitrogens with zero attached hydrogens (tertiary/aromatic N) is 3. The van der Waals surface area contributed by atoms with Crippen molar-refractivity contribution in [2.45, 2.75) is 33.9 Å². The molecule has 4 nitrogen and oxygen atoms in total. The van der Waals surface area contributed by atoms with Crippen LogP contribution < -0.4 is 5.32 Å². The number of anilines is 1. The zero-order chi connectivity index (χ0) is 17.6. The van der Waals surface area contributed by atoms with Crippen LogP contribution in [-0.4, -0.2) is 34.1 Å². The molecule has 0 fully saturated rings. The van der Waals surface area contributed by atoms with E-state index in [1.807, 2.05) is 6.07 Å². The van der Waals surface area contributed by atoms with Crippen molar-refractivity contribution < 1.29 is 0 Å². The second-order valence-electron chi connectivity index (χ2n) is 6.44. The smallest absolute Gasteiger partial charge is 0.204 e. The summed E-state index contributed by atoms with van der Waals surface area (Å²) in [5.41, 5.74) is 4.80. The normalized spacial score (nSPS) is 10.9. The minimum absolute atomic E-state index is 0. The number of rotatable bonds is 8. The minimum atomic E-state index is 0. The first kappa shape index (κ1) is 20.3. The lowest BCUT2D eigenvalue weighted by molar-refractivity contribution is 0.292. The van der Waals surface area contributed by atoms with E-state index >= 15 is 0 Å². The standard InChI is InChI=1S/C21H28N4.ClH/c1-4-24(5-2)14-15-25-20-9-7-6-8-19(20)23-21(25)22-16-18-12-10-17(3)11-13-18;/h6-13H,4-5,14-16H2,1-3H3,(H,22,23);1H. The van der Waals surface area contributed by atoms with Crippen LogP contribution in [0.25, 0.3) is 11.0 Å². The summed E-state index contributed by atoms with van der Waals surface area (Å²) < 4.78 is 2.31. The average molecular weight is 373 g/mol. The number of benzene rings is 2. The van der Waals surface area contributed by atoms with Crippen molar-refractivity contribution in [2.24, 2.45) is 0 Å². The molecule has 0 atom stereocenters. The van der Waals surface area contributed by atoms with Gasteiger partial charge in [-0.15, -0.1) is 12.4 Å². The number of likely N-dealkylation sites (N-methyl/N-ethyl adjacent to an activating group) is 1. The molecule has 3 aromatic rings. The van der Waals surface area contributed by atoms with Crippen LogP contribution in [-0.2, 0) is 13.1 Å². The van der Waals surface area contributed by atoms with Crippen molar-refractivity contribution in [1.29, 1.82) is 0 Å². The van der Waals surface area contributed by atoms with Gasteiger partial charge >= 0.3 is 0 Å². The monoisotopic (exact) mass is 372 g/mol. The van der Waals surface area contributed by atoms with Gasteiger partial charge in [0.25, 0.3) is 0 Å². The van der Waals surface area contributed by atoms with Crippen molar-refractivity contribution >= 4 is 29.4 Å².